The van der Waals surface area contributed by atoms with E-state index in [-0.39, 0.29) is 5.54 Å². The van der Waals surface area contributed by atoms with Gasteiger partial charge in [-0.3, -0.25) is 4.90 Å². The maximum atomic E-state index is 10.9. The lowest BCUT2D eigenvalue weighted by atomic mass is 9.88. The van der Waals surface area contributed by atoms with E-state index in [0.29, 0.717) is 0 Å². The van der Waals surface area contributed by atoms with Crippen LogP contribution in [0.25, 0.3) is 0 Å². The van der Waals surface area contributed by atoms with Crippen molar-refractivity contribution >= 4 is 0 Å². The van der Waals surface area contributed by atoms with E-state index < -0.39 is 6.10 Å². The Morgan fingerprint density at radius 1 is 1.26 bits per heavy atom. The molecule has 2 heterocycles. The number of para-hydroxylation sites is 1. The van der Waals surface area contributed by atoms with E-state index in [4.69, 9.17) is 4.74 Å². The van der Waals surface area contributed by atoms with Crippen molar-refractivity contribution in [2.45, 2.75) is 44.8 Å². The van der Waals surface area contributed by atoms with Crippen molar-refractivity contribution in [2.75, 3.05) is 19.7 Å². The Morgan fingerprint density at radius 3 is 2.74 bits per heavy atom. The van der Waals surface area contributed by atoms with Crippen LogP contribution in [0, 0.1) is 0 Å². The fourth-order valence-corrected chi connectivity index (χ4v) is 3.30. The first-order chi connectivity index (χ1) is 9.10. The molecule has 1 fully saturated rings. The summed E-state index contributed by atoms with van der Waals surface area (Å²) in [5.74, 6) is 0.919. The Balaban J connectivity index is 1.91. The number of rotatable bonds is 3. The second-order valence-electron chi connectivity index (χ2n) is 6.18. The molecule has 0 aliphatic carbocycles. The number of hydrogen-bond donors (Lipinski definition) is 1. The molecule has 1 unspecified atom stereocenters. The van der Waals surface area contributed by atoms with Crippen molar-refractivity contribution in [2.24, 2.45) is 0 Å². The van der Waals surface area contributed by atoms with Gasteiger partial charge in [-0.1, -0.05) is 18.2 Å². The van der Waals surface area contributed by atoms with Gasteiger partial charge in [0.1, 0.15) is 11.9 Å². The molecule has 3 rings (SSSR count). The number of aliphatic hydroxyl groups is 1. The number of fused-ring (bicyclic) bond motifs is 1. The average molecular weight is 261 g/mol. The van der Waals surface area contributed by atoms with E-state index >= 15 is 0 Å². The van der Waals surface area contributed by atoms with Crippen molar-refractivity contribution in [3.63, 3.8) is 0 Å². The summed E-state index contributed by atoms with van der Waals surface area (Å²) >= 11 is 0. The van der Waals surface area contributed by atoms with E-state index in [0.717, 1.165) is 37.4 Å². The highest BCUT2D eigenvalue weighted by Gasteiger charge is 2.38. The lowest BCUT2D eigenvalue weighted by Gasteiger charge is -2.40. The van der Waals surface area contributed by atoms with Crippen LogP contribution in [0.5, 0.6) is 5.75 Å². The number of likely N-dealkylation sites (tertiary alicyclic amines) is 1. The molecule has 3 heteroatoms. The highest BCUT2D eigenvalue weighted by Crippen LogP contribution is 2.40. The summed E-state index contributed by atoms with van der Waals surface area (Å²) in [4.78, 5) is 2.39. The summed E-state index contributed by atoms with van der Waals surface area (Å²) in [5, 5.41) is 10.9. The molecule has 0 aromatic heterocycles. The standard InChI is InChI=1S/C16H23NO2/c1-16(2,17-9-3-4-10-17)15(18)13-7-5-6-12-8-11-19-14(12)13/h5-7,15,18H,3-4,8-11H2,1-2H3. The van der Waals surface area contributed by atoms with Crippen molar-refractivity contribution < 1.29 is 9.84 Å². The summed E-state index contributed by atoms with van der Waals surface area (Å²) in [6.45, 7) is 7.18. The molecule has 2 aliphatic heterocycles. The van der Waals surface area contributed by atoms with Crippen LogP contribution in [0.15, 0.2) is 18.2 Å². The van der Waals surface area contributed by atoms with Gasteiger partial charge < -0.3 is 9.84 Å². The van der Waals surface area contributed by atoms with Crippen molar-refractivity contribution in [1.29, 1.82) is 0 Å². The normalized spacial score (nSPS) is 21.2. The molecule has 0 bridgehead atoms. The quantitative estimate of drug-likeness (QED) is 0.907. The van der Waals surface area contributed by atoms with Crippen LogP contribution in [-0.2, 0) is 6.42 Å². The van der Waals surface area contributed by atoms with Crippen LogP contribution in [0.2, 0.25) is 0 Å². The third-order valence-electron chi connectivity index (χ3n) is 4.63. The SMILES string of the molecule is CC(C)(C(O)c1cccc2c1OCC2)N1CCCC1. The predicted octanol–water partition coefficient (Wildman–Crippen LogP) is 2.53. The van der Waals surface area contributed by atoms with E-state index in [9.17, 15) is 5.11 Å². The molecule has 0 radical (unpaired) electrons. The van der Waals surface area contributed by atoms with E-state index in [1.165, 1.54) is 18.4 Å². The van der Waals surface area contributed by atoms with Crippen molar-refractivity contribution in [3.8, 4) is 5.75 Å². The van der Waals surface area contributed by atoms with E-state index in [1.54, 1.807) is 0 Å². The lowest BCUT2D eigenvalue weighted by Crippen LogP contribution is -2.46. The fourth-order valence-electron chi connectivity index (χ4n) is 3.30. The molecule has 1 aromatic rings. The van der Waals surface area contributed by atoms with Gasteiger partial charge in [0.25, 0.3) is 0 Å². The smallest absolute Gasteiger partial charge is 0.128 e. The molecule has 104 valence electrons. The average Bonchev–Trinajstić information content (AvgIpc) is 3.07. The number of aliphatic hydroxyl groups excluding tert-OH is 1. The zero-order valence-corrected chi connectivity index (χ0v) is 11.9. The molecule has 1 atom stereocenters. The highest BCUT2D eigenvalue weighted by molar-refractivity contribution is 5.46. The molecule has 2 aliphatic rings. The second kappa shape index (κ2) is 4.80. The first-order valence-electron chi connectivity index (χ1n) is 7.28. The summed E-state index contributed by atoms with van der Waals surface area (Å²) < 4.78 is 5.73. The molecule has 1 N–H and O–H groups in total. The van der Waals surface area contributed by atoms with Gasteiger partial charge in [-0.25, -0.2) is 0 Å². The summed E-state index contributed by atoms with van der Waals surface area (Å²) in [5.41, 5.74) is 1.94. The van der Waals surface area contributed by atoms with Gasteiger partial charge in [-0.15, -0.1) is 0 Å². The van der Waals surface area contributed by atoms with Gasteiger partial charge in [0.2, 0.25) is 0 Å². The van der Waals surface area contributed by atoms with Crippen LogP contribution in [0.4, 0.5) is 0 Å². The number of ether oxygens (including phenoxy) is 1. The Labute approximate surface area is 115 Å². The zero-order chi connectivity index (χ0) is 13.5. The minimum atomic E-state index is -0.501. The van der Waals surface area contributed by atoms with Gasteiger partial charge in [0.05, 0.1) is 6.61 Å². The molecule has 1 aromatic carbocycles. The third-order valence-corrected chi connectivity index (χ3v) is 4.63. The topological polar surface area (TPSA) is 32.7 Å². The summed E-state index contributed by atoms with van der Waals surface area (Å²) in [6.07, 6.45) is 2.93. The number of nitrogens with zero attached hydrogens (tertiary/aromatic N) is 1. The largest absolute Gasteiger partial charge is 0.493 e. The van der Waals surface area contributed by atoms with E-state index in [1.807, 2.05) is 12.1 Å². The fraction of sp³-hybridized carbons (Fsp3) is 0.625. The Kier molecular flexibility index (Phi) is 3.27. The van der Waals surface area contributed by atoms with Crippen molar-refractivity contribution in [1.82, 2.24) is 4.90 Å². The zero-order valence-electron chi connectivity index (χ0n) is 11.9. The summed E-state index contributed by atoms with van der Waals surface area (Å²) in [7, 11) is 0. The van der Waals surface area contributed by atoms with Crippen LogP contribution in [0.3, 0.4) is 0 Å². The predicted molar refractivity (Wildman–Crippen MR) is 75.5 cm³/mol. The lowest BCUT2D eigenvalue weighted by molar-refractivity contribution is 0.0000565. The Bertz CT molecular complexity index is 464. The van der Waals surface area contributed by atoms with Crippen LogP contribution < -0.4 is 4.74 Å². The van der Waals surface area contributed by atoms with E-state index in [2.05, 4.69) is 24.8 Å². The molecular weight excluding hydrogens is 238 g/mol. The summed E-state index contributed by atoms with van der Waals surface area (Å²) in [6, 6.07) is 6.14. The maximum absolute atomic E-state index is 10.9. The molecule has 19 heavy (non-hydrogen) atoms. The number of benzene rings is 1. The minimum Gasteiger partial charge on any atom is -0.493 e. The highest BCUT2D eigenvalue weighted by atomic mass is 16.5. The molecule has 0 saturated carbocycles. The van der Waals surface area contributed by atoms with Gasteiger partial charge in [0, 0.05) is 17.5 Å². The van der Waals surface area contributed by atoms with Gasteiger partial charge in [0.15, 0.2) is 0 Å². The van der Waals surface area contributed by atoms with Gasteiger partial charge >= 0.3 is 0 Å². The first kappa shape index (κ1) is 12.9. The van der Waals surface area contributed by atoms with Crippen LogP contribution in [-0.4, -0.2) is 35.2 Å². The Hall–Kier alpha value is -1.06. The van der Waals surface area contributed by atoms with Crippen molar-refractivity contribution in [3.05, 3.63) is 29.3 Å². The molecule has 1 saturated heterocycles. The van der Waals surface area contributed by atoms with Gasteiger partial charge in [-0.2, -0.15) is 0 Å². The monoisotopic (exact) mass is 261 g/mol. The Morgan fingerprint density at radius 2 is 2.00 bits per heavy atom. The maximum Gasteiger partial charge on any atom is 0.128 e. The minimum absolute atomic E-state index is 0.239. The first-order valence-corrected chi connectivity index (χ1v) is 7.28. The van der Waals surface area contributed by atoms with Crippen LogP contribution in [0.1, 0.15) is 43.9 Å². The molecule has 3 nitrogen and oxygen atoms in total. The number of hydrogen-bond acceptors (Lipinski definition) is 3. The van der Waals surface area contributed by atoms with Crippen LogP contribution >= 0.6 is 0 Å². The molecule has 0 amide bonds. The third kappa shape index (κ3) is 2.15. The second-order valence-corrected chi connectivity index (χ2v) is 6.18. The molecular formula is C16H23NO2. The van der Waals surface area contributed by atoms with Gasteiger partial charge in [-0.05, 0) is 45.3 Å². The molecule has 0 spiro atoms.